The van der Waals surface area contributed by atoms with E-state index in [-0.39, 0.29) is 6.54 Å². The van der Waals surface area contributed by atoms with Crippen LogP contribution in [0.2, 0.25) is 0 Å². The average molecular weight is 304 g/mol. The van der Waals surface area contributed by atoms with Crippen LogP contribution in [0.5, 0.6) is 0 Å². The number of rotatable bonds is 1. The molecule has 7 heteroatoms. The molecule has 1 fully saturated rings. The highest BCUT2D eigenvalue weighted by molar-refractivity contribution is 5.83. The molecule has 1 aliphatic heterocycles. The predicted octanol–water partition coefficient (Wildman–Crippen LogP) is 1.61. The number of hydrogen-bond acceptors (Lipinski definition) is 5. The number of carbonyl (C=O) groups is 2. The molecule has 1 aliphatic rings. The lowest BCUT2D eigenvalue weighted by Crippen LogP contribution is -2.52. The molecule has 1 amide bonds. The van der Waals surface area contributed by atoms with E-state index in [1.165, 1.54) is 0 Å². The number of carbonyl (C=O) groups excluding carboxylic acids is 2. The van der Waals surface area contributed by atoms with E-state index in [9.17, 15) is 14.0 Å². The fraction of sp³-hybridized carbons (Fsp3) is 0.857. The molecule has 0 unspecified atom stereocenters. The Hall–Kier alpha value is -1.37. The molecule has 0 aromatic heterocycles. The molecule has 21 heavy (non-hydrogen) atoms. The van der Waals surface area contributed by atoms with Crippen molar-refractivity contribution in [3.63, 3.8) is 0 Å². The molecule has 2 atom stereocenters. The van der Waals surface area contributed by atoms with Crippen LogP contribution in [-0.4, -0.2) is 53.0 Å². The van der Waals surface area contributed by atoms with E-state index < -0.39 is 41.5 Å². The Morgan fingerprint density at radius 1 is 1.14 bits per heavy atom. The second-order valence-electron chi connectivity index (χ2n) is 7.33. The topological polar surface area (TPSA) is 81.9 Å². The lowest BCUT2D eigenvalue weighted by Gasteiger charge is -2.27. The summed E-state index contributed by atoms with van der Waals surface area (Å²) in [7, 11) is 0. The van der Waals surface area contributed by atoms with Gasteiger partial charge in [0, 0.05) is 6.54 Å². The summed E-state index contributed by atoms with van der Waals surface area (Å²) in [6.45, 7) is 9.48. The smallest absolute Gasteiger partial charge is 0.410 e. The summed E-state index contributed by atoms with van der Waals surface area (Å²) in [5.74, 6) is -1.05. The summed E-state index contributed by atoms with van der Waals surface area (Å²) in [4.78, 5) is 25.0. The van der Waals surface area contributed by atoms with Crippen LogP contribution in [0, 0.1) is 0 Å². The number of likely N-dealkylation sites (tertiary alicyclic amines) is 1. The van der Waals surface area contributed by atoms with Gasteiger partial charge in [0.15, 0.2) is 0 Å². The number of hydrogen-bond donors (Lipinski definition) is 1. The Labute approximate surface area is 124 Å². The number of halogens is 1. The van der Waals surface area contributed by atoms with E-state index in [1.807, 2.05) is 0 Å². The van der Waals surface area contributed by atoms with Crippen molar-refractivity contribution in [1.82, 2.24) is 4.90 Å². The van der Waals surface area contributed by atoms with Gasteiger partial charge in [-0.2, -0.15) is 0 Å². The van der Waals surface area contributed by atoms with Crippen molar-refractivity contribution >= 4 is 12.1 Å². The van der Waals surface area contributed by atoms with Crippen LogP contribution in [-0.2, 0) is 14.3 Å². The van der Waals surface area contributed by atoms with E-state index in [0.717, 1.165) is 4.90 Å². The summed E-state index contributed by atoms with van der Waals surface area (Å²) in [6.07, 6.45) is -0.693. The molecule has 0 aromatic carbocycles. The van der Waals surface area contributed by atoms with Crippen LogP contribution < -0.4 is 5.73 Å². The first kappa shape index (κ1) is 17.7. The van der Waals surface area contributed by atoms with E-state index in [4.69, 9.17) is 15.2 Å². The fourth-order valence-electron chi connectivity index (χ4n) is 1.89. The number of nitrogens with two attached hydrogens (primary N) is 1. The zero-order chi connectivity index (χ0) is 16.6. The van der Waals surface area contributed by atoms with Crippen LogP contribution in [0.4, 0.5) is 9.18 Å². The number of ether oxygens (including phenoxy) is 2. The molecular weight excluding hydrogens is 279 g/mol. The summed E-state index contributed by atoms with van der Waals surface area (Å²) in [5, 5.41) is 0. The predicted molar refractivity (Wildman–Crippen MR) is 75.5 cm³/mol. The van der Waals surface area contributed by atoms with E-state index in [2.05, 4.69) is 0 Å². The second-order valence-corrected chi connectivity index (χ2v) is 7.33. The van der Waals surface area contributed by atoms with Crippen LogP contribution in [0.3, 0.4) is 0 Å². The minimum Gasteiger partial charge on any atom is -0.458 e. The minimum absolute atomic E-state index is 0.0926. The number of amides is 1. The standard InChI is InChI=1S/C14H25FN2O4/c1-12(2,3)20-10(18)14(15)8-17(7-9(14)16)11(19)21-13(4,5)6/h9H,7-8,16H2,1-6H3/t9-,14-/m0/s1. The van der Waals surface area contributed by atoms with Gasteiger partial charge in [0.1, 0.15) is 11.2 Å². The Morgan fingerprint density at radius 2 is 1.62 bits per heavy atom. The molecule has 0 radical (unpaired) electrons. The number of alkyl halides is 1. The molecule has 1 rings (SSSR count). The zero-order valence-electron chi connectivity index (χ0n) is 13.5. The molecule has 1 heterocycles. The fourth-order valence-corrected chi connectivity index (χ4v) is 1.89. The van der Waals surface area contributed by atoms with Crippen LogP contribution in [0.15, 0.2) is 0 Å². The molecule has 0 saturated carbocycles. The van der Waals surface area contributed by atoms with Crippen molar-refractivity contribution in [2.75, 3.05) is 13.1 Å². The molecule has 122 valence electrons. The van der Waals surface area contributed by atoms with Crippen molar-refractivity contribution < 1.29 is 23.5 Å². The van der Waals surface area contributed by atoms with Gasteiger partial charge in [-0.05, 0) is 41.5 Å². The van der Waals surface area contributed by atoms with E-state index >= 15 is 0 Å². The SMILES string of the molecule is CC(C)(C)OC(=O)N1C[C@H](N)[C@](F)(C(=O)OC(C)(C)C)C1. The lowest BCUT2D eigenvalue weighted by atomic mass is 10.0. The van der Waals surface area contributed by atoms with E-state index in [0.29, 0.717) is 0 Å². The van der Waals surface area contributed by atoms with Gasteiger partial charge in [-0.15, -0.1) is 0 Å². The third kappa shape index (κ3) is 4.56. The van der Waals surface area contributed by atoms with Crippen LogP contribution in [0.1, 0.15) is 41.5 Å². The molecule has 1 saturated heterocycles. The second kappa shape index (κ2) is 5.44. The molecule has 6 nitrogen and oxygen atoms in total. The Bertz CT molecular complexity index is 428. The Balaban J connectivity index is 2.80. The summed E-state index contributed by atoms with van der Waals surface area (Å²) < 4.78 is 25.0. The molecule has 2 N–H and O–H groups in total. The van der Waals surface area contributed by atoms with Crippen molar-refractivity contribution in [1.29, 1.82) is 0 Å². The highest BCUT2D eigenvalue weighted by atomic mass is 19.1. The van der Waals surface area contributed by atoms with Crippen molar-refractivity contribution in [2.24, 2.45) is 5.73 Å². The zero-order valence-corrected chi connectivity index (χ0v) is 13.5. The molecular formula is C14H25FN2O4. The monoisotopic (exact) mass is 304 g/mol. The van der Waals surface area contributed by atoms with Gasteiger partial charge in [0.05, 0.1) is 12.6 Å². The van der Waals surface area contributed by atoms with Gasteiger partial charge in [0.2, 0.25) is 5.67 Å². The molecule has 0 bridgehead atoms. The summed E-state index contributed by atoms with van der Waals surface area (Å²) >= 11 is 0. The summed E-state index contributed by atoms with van der Waals surface area (Å²) in [5.41, 5.74) is 1.76. The first-order chi connectivity index (χ1) is 9.24. The minimum atomic E-state index is -2.41. The van der Waals surface area contributed by atoms with Gasteiger partial charge in [-0.25, -0.2) is 14.0 Å². The molecule has 0 aromatic rings. The van der Waals surface area contributed by atoms with Gasteiger partial charge in [-0.1, -0.05) is 0 Å². The average Bonchev–Trinajstić information content (AvgIpc) is 2.52. The largest absolute Gasteiger partial charge is 0.458 e. The quantitative estimate of drug-likeness (QED) is 0.744. The third-order valence-electron chi connectivity index (χ3n) is 2.82. The van der Waals surface area contributed by atoms with Crippen LogP contribution in [0.25, 0.3) is 0 Å². The molecule has 0 spiro atoms. The van der Waals surface area contributed by atoms with Gasteiger partial charge in [0.25, 0.3) is 0 Å². The van der Waals surface area contributed by atoms with Gasteiger partial charge < -0.3 is 20.1 Å². The van der Waals surface area contributed by atoms with Crippen molar-refractivity contribution in [3.05, 3.63) is 0 Å². The maximum atomic E-state index is 14.8. The lowest BCUT2D eigenvalue weighted by molar-refractivity contribution is -0.169. The first-order valence-electron chi connectivity index (χ1n) is 6.90. The maximum Gasteiger partial charge on any atom is 0.410 e. The first-order valence-corrected chi connectivity index (χ1v) is 6.90. The normalized spacial score (nSPS) is 26.7. The highest BCUT2D eigenvalue weighted by Gasteiger charge is 2.55. The molecule has 0 aliphatic carbocycles. The third-order valence-corrected chi connectivity index (χ3v) is 2.82. The Kier molecular flexibility index (Phi) is 4.58. The van der Waals surface area contributed by atoms with Gasteiger partial charge >= 0.3 is 12.1 Å². The van der Waals surface area contributed by atoms with Crippen molar-refractivity contribution in [2.45, 2.75) is 64.5 Å². The number of nitrogens with zero attached hydrogens (tertiary/aromatic N) is 1. The maximum absolute atomic E-state index is 14.8. The Morgan fingerprint density at radius 3 is 2.05 bits per heavy atom. The van der Waals surface area contributed by atoms with E-state index in [1.54, 1.807) is 41.5 Å². The number of esters is 1. The summed E-state index contributed by atoms with van der Waals surface area (Å²) in [6, 6.07) is -1.14. The van der Waals surface area contributed by atoms with Crippen molar-refractivity contribution in [3.8, 4) is 0 Å². The van der Waals surface area contributed by atoms with Gasteiger partial charge in [-0.3, -0.25) is 0 Å². The highest BCUT2D eigenvalue weighted by Crippen LogP contribution is 2.29. The van der Waals surface area contributed by atoms with Crippen LogP contribution >= 0.6 is 0 Å².